The minimum absolute atomic E-state index is 0.00213. The lowest BCUT2D eigenvalue weighted by Gasteiger charge is -2.27. The van der Waals surface area contributed by atoms with Crippen LogP contribution in [0.3, 0.4) is 0 Å². The Morgan fingerprint density at radius 3 is 1.44 bits per heavy atom. The monoisotopic (exact) mass is 484 g/mol. The summed E-state index contributed by atoms with van der Waals surface area (Å²) in [7, 11) is 0. The summed E-state index contributed by atoms with van der Waals surface area (Å²) in [6.07, 6.45) is 0. The zero-order valence-electron chi connectivity index (χ0n) is 18.3. The van der Waals surface area contributed by atoms with Crippen molar-refractivity contribution in [2.24, 2.45) is 0 Å². The molecule has 0 aliphatic heterocycles. The minimum atomic E-state index is -1.24. The van der Waals surface area contributed by atoms with Crippen LogP contribution in [-0.4, -0.2) is 129 Å². The van der Waals surface area contributed by atoms with Crippen LogP contribution in [0, 0.1) is 0 Å². The van der Waals surface area contributed by atoms with E-state index in [9.17, 15) is 29.1 Å². The molecule has 14 nitrogen and oxygen atoms in total. The Bertz CT molecular complexity index is 863. The molecule has 0 saturated carbocycles. The van der Waals surface area contributed by atoms with Crippen LogP contribution in [0.4, 0.5) is 5.69 Å². The Hall–Kier alpha value is -3.75. The van der Waals surface area contributed by atoms with E-state index in [0.29, 0.717) is 0 Å². The van der Waals surface area contributed by atoms with Crippen molar-refractivity contribution in [1.29, 1.82) is 0 Å². The van der Waals surface area contributed by atoms with Crippen LogP contribution in [-0.2, 0) is 24.0 Å². The number of rotatable bonds is 17. The van der Waals surface area contributed by atoms with E-state index in [1.807, 2.05) is 0 Å². The standard InChI is InChI=1S/C20H28N4O10/c25-15-4-2-1-3-14(15)21-16(26)9-23(11-18(29)30)7-5-22(10-17(27)28)6-8-24(12-19(31)32)13-20(33)34/h1-4,25H,5-13H2,(H,21,26)(H,27,28)(H,29,30)(H,31,32)(H,33,34). The number of para-hydroxylation sites is 2. The summed E-state index contributed by atoms with van der Waals surface area (Å²) in [5.74, 6) is -5.65. The number of carbonyl (C=O) groups excluding carboxylic acids is 1. The fourth-order valence-corrected chi connectivity index (χ4v) is 3.00. The molecule has 14 heteroatoms. The normalized spacial score (nSPS) is 11.0. The van der Waals surface area contributed by atoms with E-state index in [1.54, 1.807) is 12.1 Å². The average Bonchev–Trinajstić information content (AvgIpc) is 2.69. The molecule has 0 spiro atoms. The van der Waals surface area contributed by atoms with Crippen LogP contribution < -0.4 is 5.32 Å². The number of aliphatic carboxylic acids is 4. The second-order valence-corrected chi connectivity index (χ2v) is 7.34. The van der Waals surface area contributed by atoms with Gasteiger partial charge in [0.2, 0.25) is 5.91 Å². The lowest BCUT2D eigenvalue weighted by molar-refractivity contribution is -0.143. The van der Waals surface area contributed by atoms with E-state index in [0.717, 1.165) is 4.90 Å². The summed E-state index contributed by atoms with van der Waals surface area (Å²) in [4.78, 5) is 60.4. The highest BCUT2D eigenvalue weighted by molar-refractivity contribution is 5.93. The molecule has 1 aromatic rings. The molecule has 0 bridgehead atoms. The highest BCUT2D eigenvalue weighted by atomic mass is 16.4. The molecular formula is C20H28N4O10. The van der Waals surface area contributed by atoms with Crippen molar-refractivity contribution in [3.63, 3.8) is 0 Å². The highest BCUT2D eigenvalue weighted by Crippen LogP contribution is 2.21. The molecule has 0 aliphatic rings. The minimum Gasteiger partial charge on any atom is -0.506 e. The third-order valence-electron chi connectivity index (χ3n) is 4.45. The van der Waals surface area contributed by atoms with Gasteiger partial charge in [0.15, 0.2) is 0 Å². The third-order valence-corrected chi connectivity index (χ3v) is 4.45. The number of anilines is 1. The van der Waals surface area contributed by atoms with Crippen LogP contribution >= 0.6 is 0 Å². The predicted octanol–water partition coefficient (Wildman–Crippen LogP) is -1.42. The van der Waals surface area contributed by atoms with E-state index in [1.165, 1.54) is 21.9 Å². The third kappa shape index (κ3) is 12.3. The maximum atomic E-state index is 12.3. The summed E-state index contributed by atoms with van der Waals surface area (Å²) >= 11 is 0. The van der Waals surface area contributed by atoms with Gasteiger partial charge >= 0.3 is 23.9 Å². The van der Waals surface area contributed by atoms with Crippen molar-refractivity contribution in [3.05, 3.63) is 24.3 Å². The molecule has 0 fully saturated rings. The van der Waals surface area contributed by atoms with Crippen LogP contribution in [0.5, 0.6) is 5.75 Å². The van der Waals surface area contributed by atoms with Gasteiger partial charge in [0.05, 0.1) is 38.4 Å². The number of amides is 1. The first kappa shape index (κ1) is 28.3. The van der Waals surface area contributed by atoms with Gasteiger partial charge in [0.25, 0.3) is 0 Å². The summed E-state index contributed by atoms with van der Waals surface area (Å²) in [5.41, 5.74) is 0.146. The molecule has 34 heavy (non-hydrogen) atoms. The van der Waals surface area contributed by atoms with E-state index < -0.39 is 56.0 Å². The van der Waals surface area contributed by atoms with Gasteiger partial charge in [-0.3, -0.25) is 38.7 Å². The van der Waals surface area contributed by atoms with E-state index in [4.69, 9.17) is 20.4 Å². The number of carboxylic acid groups (broad SMARTS) is 4. The number of hydrogen-bond donors (Lipinski definition) is 6. The molecule has 0 saturated heterocycles. The van der Waals surface area contributed by atoms with Crippen LogP contribution in [0.2, 0.25) is 0 Å². The molecule has 188 valence electrons. The lowest BCUT2D eigenvalue weighted by atomic mass is 10.3. The van der Waals surface area contributed by atoms with Gasteiger partial charge in [0.1, 0.15) is 5.75 Å². The number of phenolic OH excluding ortho intramolecular Hbond substituents is 1. The molecule has 0 atom stereocenters. The molecule has 6 N–H and O–H groups in total. The number of nitrogens with one attached hydrogen (secondary N) is 1. The van der Waals surface area contributed by atoms with Gasteiger partial charge in [-0.05, 0) is 12.1 Å². The van der Waals surface area contributed by atoms with Gasteiger partial charge in [0, 0.05) is 26.2 Å². The molecule has 0 unspecified atom stereocenters. The summed E-state index contributed by atoms with van der Waals surface area (Å²) < 4.78 is 0. The molecule has 0 radical (unpaired) electrons. The van der Waals surface area contributed by atoms with Gasteiger partial charge < -0.3 is 30.8 Å². The van der Waals surface area contributed by atoms with Gasteiger partial charge in [-0.15, -0.1) is 0 Å². The molecule has 0 heterocycles. The number of benzene rings is 1. The highest BCUT2D eigenvalue weighted by Gasteiger charge is 2.20. The van der Waals surface area contributed by atoms with Crippen molar-refractivity contribution in [2.45, 2.75) is 0 Å². The van der Waals surface area contributed by atoms with Crippen LogP contribution in [0.1, 0.15) is 0 Å². The molecular weight excluding hydrogens is 456 g/mol. The Labute approximate surface area is 194 Å². The average molecular weight is 484 g/mol. The molecule has 1 aromatic carbocycles. The number of carboxylic acids is 4. The molecule has 1 amide bonds. The first-order valence-corrected chi connectivity index (χ1v) is 10.1. The quantitative estimate of drug-likeness (QED) is 0.140. The van der Waals surface area contributed by atoms with Crippen molar-refractivity contribution in [3.8, 4) is 5.75 Å². The van der Waals surface area contributed by atoms with Gasteiger partial charge in [-0.1, -0.05) is 12.1 Å². The van der Waals surface area contributed by atoms with Gasteiger partial charge in [-0.25, -0.2) is 0 Å². The van der Waals surface area contributed by atoms with Crippen LogP contribution in [0.15, 0.2) is 24.3 Å². The first-order chi connectivity index (χ1) is 16.0. The summed E-state index contributed by atoms with van der Waals surface area (Å²) in [5, 5.41) is 48.3. The number of phenols is 1. The second kappa shape index (κ2) is 14.4. The molecule has 0 aliphatic carbocycles. The Balaban J connectivity index is 2.77. The fraction of sp³-hybridized carbons (Fsp3) is 0.450. The van der Waals surface area contributed by atoms with E-state index in [-0.39, 0.29) is 44.2 Å². The topological polar surface area (TPSA) is 208 Å². The largest absolute Gasteiger partial charge is 0.506 e. The Morgan fingerprint density at radius 1 is 0.618 bits per heavy atom. The fourth-order valence-electron chi connectivity index (χ4n) is 3.00. The maximum Gasteiger partial charge on any atom is 0.317 e. The zero-order valence-corrected chi connectivity index (χ0v) is 18.3. The Kier molecular flexibility index (Phi) is 12.0. The van der Waals surface area contributed by atoms with Crippen molar-refractivity contribution >= 4 is 35.5 Å². The molecule has 1 rings (SSSR count). The lowest BCUT2D eigenvalue weighted by Crippen LogP contribution is -2.46. The molecule has 0 aromatic heterocycles. The number of nitrogens with zero attached hydrogens (tertiary/aromatic N) is 3. The zero-order chi connectivity index (χ0) is 25.7. The summed E-state index contributed by atoms with van der Waals surface area (Å²) in [6, 6.07) is 5.98. The van der Waals surface area contributed by atoms with Crippen LogP contribution in [0.25, 0.3) is 0 Å². The number of aromatic hydroxyl groups is 1. The number of hydrogen-bond acceptors (Lipinski definition) is 9. The summed E-state index contributed by atoms with van der Waals surface area (Å²) in [6.45, 7) is -2.50. The van der Waals surface area contributed by atoms with Crippen molar-refractivity contribution < 1.29 is 49.5 Å². The Morgan fingerprint density at radius 2 is 1.00 bits per heavy atom. The van der Waals surface area contributed by atoms with Gasteiger partial charge in [-0.2, -0.15) is 0 Å². The second-order valence-electron chi connectivity index (χ2n) is 7.34. The SMILES string of the molecule is O=C(O)CN(CCN(CC(=O)O)CC(=O)O)CCN(CC(=O)O)CC(=O)Nc1ccccc1O. The smallest absolute Gasteiger partial charge is 0.317 e. The van der Waals surface area contributed by atoms with Crippen molar-refractivity contribution in [2.75, 3.05) is 64.2 Å². The van der Waals surface area contributed by atoms with E-state index in [2.05, 4.69) is 5.32 Å². The first-order valence-electron chi connectivity index (χ1n) is 10.1. The number of carbonyl (C=O) groups is 5. The van der Waals surface area contributed by atoms with E-state index >= 15 is 0 Å². The maximum absolute atomic E-state index is 12.3. The van der Waals surface area contributed by atoms with Crippen molar-refractivity contribution in [1.82, 2.24) is 14.7 Å². The predicted molar refractivity (Wildman–Crippen MR) is 117 cm³/mol.